The second-order valence-electron chi connectivity index (χ2n) is 3.91. The molecule has 0 atom stereocenters. The average molecular weight is 248 g/mol. The van der Waals surface area contributed by atoms with Crippen molar-refractivity contribution in [1.29, 1.82) is 0 Å². The Morgan fingerprint density at radius 1 is 1.17 bits per heavy atom. The first-order valence-electron chi connectivity index (χ1n) is 5.29. The van der Waals surface area contributed by atoms with Gasteiger partial charge in [-0.1, -0.05) is 18.2 Å². The Balaban J connectivity index is 2.67. The van der Waals surface area contributed by atoms with E-state index in [0.29, 0.717) is 11.1 Å². The van der Waals surface area contributed by atoms with E-state index in [1.165, 1.54) is 31.2 Å². The molecule has 0 saturated heterocycles. The minimum Gasteiger partial charge on any atom is -0.478 e. The molecule has 92 valence electrons. The van der Waals surface area contributed by atoms with Crippen LogP contribution in [-0.4, -0.2) is 11.1 Å². The molecule has 2 aromatic rings. The summed E-state index contributed by atoms with van der Waals surface area (Å²) in [5.74, 6) is -2.54. The van der Waals surface area contributed by atoms with E-state index in [1.54, 1.807) is 6.07 Å². The van der Waals surface area contributed by atoms with Crippen LogP contribution in [0.25, 0.3) is 11.1 Å². The van der Waals surface area contributed by atoms with E-state index in [0.717, 1.165) is 6.07 Å². The van der Waals surface area contributed by atoms with Crippen molar-refractivity contribution >= 4 is 5.97 Å². The first kappa shape index (κ1) is 12.2. The molecule has 0 aliphatic rings. The summed E-state index contributed by atoms with van der Waals surface area (Å²) in [6.07, 6.45) is 0. The van der Waals surface area contributed by atoms with Crippen LogP contribution in [0.4, 0.5) is 8.78 Å². The predicted molar refractivity (Wildman–Crippen MR) is 63.5 cm³/mol. The van der Waals surface area contributed by atoms with Crippen LogP contribution in [0.3, 0.4) is 0 Å². The highest BCUT2D eigenvalue weighted by molar-refractivity contribution is 5.92. The fraction of sp³-hybridized carbons (Fsp3) is 0.0714. The fourth-order valence-corrected chi connectivity index (χ4v) is 1.91. The number of hydrogen-bond acceptors (Lipinski definition) is 1. The summed E-state index contributed by atoms with van der Waals surface area (Å²) in [6, 6.07) is 8.28. The Morgan fingerprint density at radius 3 is 2.50 bits per heavy atom. The van der Waals surface area contributed by atoms with Crippen molar-refractivity contribution < 1.29 is 18.7 Å². The lowest BCUT2D eigenvalue weighted by Crippen LogP contribution is -2.05. The van der Waals surface area contributed by atoms with Crippen molar-refractivity contribution in [2.75, 3.05) is 0 Å². The average Bonchev–Trinajstić information content (AvgIpc) is 2.28. The van der Waals surface area contributed by atoms with Crippen molar-refractivity contribution in [3.05, 3.63) is 59.2 Å². The molecule has 0 heterocycles. The molecule has 0 aliphatic heterocycles. The van der Waals surface area contributed by atoms with Gasteiger partial charge in [0.15, 0.2) is 0 Å². The molecule has 0 bridgehead atoms. The molecule has 2 aromatic carbocycles. The standard InChI is InChI=1S/C14H10F2O2/c1-8-11(9-3-2-4-10(15)7-9)5-6-12(16)13(8)14(17)18/h2-7H,1H3,(H,17,18). The van der Waals surface area contributed by atoms with E-state index in [-0.39, 0.29) is 11.1 Å². The molecular formula is C14H10F2O2. The highest BCUT2D eigenvalue weighted by Crippen LogP contribution is 2.27. The molecular weight excluding hydrogens is 238 g/mol. The third-order valence-corrected chi connectivity index (χ3v) is 2.76. The lowest BCUT2D eigenvalue weighted by atomic mass is 9.96. The van der Waals surface area contributed by atoms with E-state index in [9.17, 15) is 13.6 Å². The van der Waals surface area contributed by atoms with Gasteiger partial charge in [0.25, 0.3) is 0 Å². The fourth-order valence-electron chi connectivity index (χ4n) is 1.91. The van der Waals surface area contributed by atoms with Crippen LogP contribution in [0.15, 0.2) is 36.4 Å². The van der Waals surface area contributed by atoms with Crippen molar-refractivity contribution in [1.82, 2.24) is 0 Å². The monoisotopic (exact) mass is 248 g/mol. The van der Waals surface area contributed by atoms with Crippen molar-refractivity contribution in [3.8, 4) is 11.1 Å². The summed E-state index contributed by atoms with van der Waals surface area (Å²) >= 11 is 0. The van der Waals surface area contributed by atoms with Gasteiger partial charge in [-0.05, 0) is 41.8 Å². The Labute approximate surface area is 103 Å². The number of carboxylic acids is 1. The maximum absolute atomic E-state index is 13.4. The highest BCUT2D eigenvalue weighted by atomic mass is 19.1. The number of aromatic carboxylic acids is 1. The predicted octanol–water partition coefficient (Wildman–Crippen LogP) is 3.64. The normalized spacial score (nSPS) is 10.4. The van der Waals surface area contributed by atoms with Gasteiger partial charge in [-0.3, -0.25) is 0 Å². The smallest absolute Gasteiger partial charge is 0.338 e. The van der Waals surface area contributed by atoms with Gasteiger partial charge in [-0.15, -0.1) is 0 Å². The van der Waals surface area contributed by atoms with Gasteiger partial charge in [0.05, 0.1) is 5.56 Å². The summed E-state index contributed by atoms with van der Waals surface area (Å²) in [5, 5.41) is 8.96. The molecule has 0 aromatic heterocycles. The van der Waals surface area contributed by atoms with Crippen LogP contribution in [0.5, 0.6) is 0 Å². The topological polar surface area (TPSA) is 37.3 Å². The SMILES string of the molecule is Cc1c(-c2cccc(F)c2)ccc(F)c1C(=O)O. The third-order valence-electron chi connectivity index (χ3n) is 2.76. The molecule has 0 saturated carbocycles. The third kappa shape index (κ3) is 2.09. The molecule has 0 amide bonds. The number of halogens is 2. The first-order chi connectivity index (χ1) is 8.50. The van der Waals surface area contributed by atoms with E-state index >= 15 is 0 Å². The molecule has 2 rings (SSSR count). The molecule has 1 N–H and O–H groups in total. The molecule has 0 unspecified atom stereocenters. The Hall–Kier alpha value is -2.23. The van der Waals surface area contributed by atoms with Gasteiger partial charge < -0.3 is 5.11 Å². The quantitative estimate of drug-likeness (QED) is 0.880. The van der Waals surface area contributed by atoms with Crippen molar-refractivity contribution in [3.63, 3.8) is 0 Å². The molecule has 4 heteroatoms. The second-order valence-corrected chi connectivity index (χ2v) is 3.91. The molecule has 0 spiro atoms. The molecule has 0 fully saturated rings. The molecule has 0 aliphatic carbocycles. The summed E-state index contributed by atoms with van der Waals surface area (Å²) in [5.41, 5.74) is 0.938. The van der Waals surface area contributed by atoms with Gasteiger partial charge in [-0.2, -0.15) is 0 Å². The zero-order chi connectivity index (χ0) is 13.3. The summed E-state index contributed by atoms with van der Waals surface area (Å²) in [4.78, 5) is 11.0. The zero-order valence-electron chi connectivity index (χ0n) is 9.58. The Kier molecular flexibility index (Phi) is 3.10. The van der Waals surface area contributed by atoms with Crippen molar-refractivity contribution in [2.45, 2.75) is 6.92 Å². The van der Waals surface area contributed by atoms with E-state index in [2.05, 4.69) is 0 Å². The number of carbonyl (C=O) groups is 1. The highest BCUT2D eigenvalue weighted by Gasteiger charge is 2.17. The van der Waals surface area contributed by atoms with E-state index in [1.807, 2.05) is 0 Å². The second kappa shape index (κ2) is 4.56. The maximum atomic E-state index is 13.4. The van der Waals surface area contributed by atoms with Crippen LogP contribution in [0.1, 0.15) is 15.9 Å². The molecule has 18 heavy (non-hydrogen) atoms. The number of benzene rings is 2. The van der Waals surface area contributed by atoms with E-state index in [4.69, 9.17) is 5.11 Å². The lowest BCUT2D eigenvalue weighted by Gasteiger charge is -2.10. The summed E-state index contributed by atoms with van der Waals surface area (Å²) in [7, 11) is 0. The van der Waals surface area contributed by atoms with Crippen LogP contribution in [0.2, 0.25) is 0 Å². The van der Waals surface area contributed by atoms with Gasteiger partial charge in [0, 0.05) is 0 Å². The Morgan fingerprint density at radius 2 is 1.89 bits per heavy atom. The van der Waals surface area contributed by atoms with Crippen LogP contribution < -0.4 is 0 Å². The minimum atomic E-state index is -1.33. The van der Waals surface area contributed by atoms with E-state index < -0.39 is 17.6 Å². The summed E-state index contributed by atoms with van der Waals surface area (Å²) < 4.78 is 26.6. The minimum absolute atomic E-state index is 0.285. The van der Waals surface area contributed by atoms with Crippen LogP contribution >= 0.6 is 0 Å². The first-order valence-corrected chi connectivity index (χ1v) is 5.29. The van der Waals surface area contributed by atoms with Gasteiger partial charge >= 0.3 is 5.97 Å². The number of hydrogen-bond donors (Lipinski definition) is 1. The maximum Gasteiger partial charge on any atom is 0.338 e. The van der Waals surface area contributed by atoms with Crippen LogP contribution in [-0.2, 0) is 0 Å². The van der Waals surface area contributed by atoms with Crippen LogP contribution in [0, 0.1) is 18.6 Å². The largest absolute Gasteiger partial charge is 0.478 e. The number of rotatable bonds is 2. The molecule has 2 nitrogen and oxygen atoms in total. The summed E-state index contributed by atoms with van der Waals surface area (Å²) in [6.45, 7) is 1.51. The zero-order valence-corrected chi connectivity index (χ0v) is 9.58. The van der Waals surface area contributed by atoms with Crippen molar-refractivity contribution in [2.24, 2.45) is 0 Å². The molecule has 0 radical (unpaired) electrons. The van der Waals surface area contributed by atoms with Gasteiger partial charge in [0.1, 0.15) is 11.6 Å². The van der Waals surface area contributed by atoms with Gasteiger partial charge in [0.2, 0.25) is 0 Å². The number of carboxylic acid groups (broad SMARTS) is 1. The lowest BCUT2D eigenvalue weighted by molar-refractivity contribution is 0.0691. The Bertz CT molecular complexity index is 621. The van der Waals surface area contributed by atoms with Gasteiger partial charge in [-0.25, -0.2) is 13.6 Å².